The zero-order chi connectivity index (χ0) is 24.3. The summed E-state index contributed by atoms with van der Waals surface area (Å²) in [7, 11) is 0. The zero-order valence-corrected chi connectivity index (χ0v) is 18.8. The summed E-state index contributed by atoms with van der Waals surface area (Å²) in [5.41, 5.74) is 1.47. The average Bonchev–Trinajstić information content (AvgIpc) is 3.45. The Morgan fingerprint density at radius 3 is 2.63 bits per heavy atom. The van der Waals surface area contributed by atoms with Gasteiger partial charge in [-0.25, -0.2) is 4.79 Å². The van der Waals surface area contributed by atoms with E-state index in [0.29, 0.717) is 25.3 Å². The van der Waals surface area contributed by atoms with Crippen LogP contribution in [0.2, 0.25) is 0 Å². The molecule has 4 aliphatic rings. The third-order valence-electron chi connectivity index (χ3n) is 7.49. The topological polar surface area (TPSA) is 101 Å². The van der Waals surface area contributed by atoms with Gasteiger partial charge in [-0.3, -0.25) is 4.79 Å². The molecule has 1 aliphatic carbocycles. The summed E-state index contributed by atoms with van der Waals surface area (Å²) in [5, 5.41) is 6.60. The second-order valence-corrected chi connectivity index (χ2v) is 9.62. The highest BCUT2D eigenvalue weighted by atomic mass is 19.4. The molecule has 6 rings (SSSR count). The molecule has 3 amide bonds. The quantitative estimate of drug-likeness (QED) is 0.708. The first kappa shape index (κ1) is 22.3. The van der Waals surface area contributed by atoms with Crippen molar-refractivity contribution in [1.82, 2.24) is 25.3 Å². The van der Waals surface area contributed by atoms with Crippen molar-refractivity contribution in [3.63, 3.8) is 0 Å². The van der Waals surface area contributed by atoms with Crippen LogP contribution in [0.4, 0.5) is 18.0 Å². The number of amides is 3. The third kappa shape index (κ3) is 3.83. The summed E-state index contributed by atoms with van der Waals surface area (Å²) in [6, 6.07) is 4.63. The molecule has 1 N–H and O–H groups in total. The number of benzene rings is 1. The molecule has 1 saturated carbocycles. The summed E-state index contributed by atoms with van der Waals surface area (Å²) in [6.07, 6.45) is -0.298. The van der Waals surface area contributed by atoms with E-state index in [2.05, 4.69) is 20.0 Å². The first-order valence-electron chi connectivity index (χ1n) is 11.8. The minimum Gasteiger partial charge on any atom is -0.377 e. The van der Waals surface area contributed by atoms with Gasteiger partial charge in [0, 0.05) is 17.7 Å². The molecule has 12 heteroatoms. The fourth-order valence-electron chi connectivity index (χ4n) is 5.74. The maximum atomic E-state index is 13.4. The second kappa shape index (κ2) is 8.21. The SMILES string of the molecule is O=C(N[C@@H]1CCCC[C@H]1N1Cc2ccc(-c3noc(C(F)(F)F)n3)cc2C1=O)N1C2COCC1C2. The lowest BCUT2D eigenvalue weighted by atomic mass is 9.88. The molecule has 3 fully saturated rings. The van der Waals surface area contributed by atoms with Crippen molar-refractivity contribution in [3.8, 4) is 11.4 Å². The maximum absolute atomic E-state index is 13.4. The van der Waals surface area contributed by atoms with Crippen molar-refractivity contribution in [2.75, 3.05) is 13.2 Å². The van der Waals surface area contributed by atoms with Crippen LogP contribution in [0.25, 0.3) is 11.4 Å². The fraction of sp³-hybridized carbons (Fsp3) is 0.565. The van der Waals surface area contributed by atoms with E-state index >= 15 is 0 Å². The van der Waals surface area contributed by atoms with E-state index in [4.69, 9.17) is 4.74 Å². The number of carbonyl (C=O) groups is 2. The van der Waals surface area contributed by atoms with Gasteiger partial charge in [-0.05, 0) is 30.9 Å². The largest absolute Gasteiger partial charge is 0.471 e. The van der Waals surface area contributed by atoms with E-state index in [9.17, 15) is 22.8 Å². The van der Waals surface area contributed by atoms with Gasteiger partial charge in [0.25, 0.3) is 5.91 Å². The molecule has 1 aromatic carbocycles. The Kier molecular flexibility index (Phi) is 5.24. The van der Waals surface area contributed by atoms with Crippen LogP contribution in [0.3, 0.4) is 0 Å². The summed E-state index contributed by atoms with van der Waals surface area (Å²) < 4.78 is 48.3. The van der Waals surface area contributed by atoms with Gasteiger partial charge < -0.3 is 24.4 Å². The standard InChI is InChI=1S/C23H24F3N5O4/c24-23(25,26)21-28-19(29-35-21)12-5-6-13-9-30(20(32)16(13)7-12)18-4-2-1-3-17(18)27-22(33)31-14-8-15(31)11-34-10-14/h5-7,14-15,17-18H,1-4,8-11H2,(H,27,33)/t14?,15?,17-,18-/m1/s1. The van der Waals surface area contributed by atoms with Crippen LogP contribution in [-0.4, -0.2) is 69.3 Å². The number of ether oxygens (including phenoxy) is 1. The van der Waals surface area contributed by atoms with Gasteiger partial charge >= 0.3 is 18.1 Å². The first-order valence-corrected chi connectivity index (χ1v) is 11.8. The van der Waals surface area contributed by atoms with E-state index in [1.165, 1.54) is 6.07 Å². The predicted octanol–water partition coefficient (Wildman–Crippen LogP) is 3.21. The lowest BCUT2D eigenvalue weighted by Crippen LogP contribution is -2.69. The molecule has 9 nitrogen and oxygen atoms in total. The zero-order valence-electron chi connectivity index (χ0n) is 18.8. The van der Waals surface area contributed by atoms with Gasteiger partial charge in [0.15, 0.2) is 0 Å². The Morgan fingerprint density at radius 1 is 1.14 bits per heavy atom. The van der Waals surface area contributed by atoms with Crippen LogP contribution in [0, 0.1) is 0 Å². The van der Waals surface area contributed by atoms with Crippen LogP contribution in [0.15, 0.2) is 22.7 Å². The number of fused-ring (bicyclic) bond motifs is 3. The van der Waals surface area contributed by atoms with E-state index < -0.39 is 12.1 Å². The molecular formula is C23H24F3N5O4. The molecule has 0 radical (unpaired) electrons. The minimum absolute atomic E-state index is 0.101. The van der Waals surface area contributed by atoms with Gasteiger partial charge in [-0.15, -0.1) is 0 Å². The summed E-state index contributed by atoms with van der Waals surface area (Å²) in [4.78, 5) is 33.4. The van der Waals surface area contributed by atoms with Gasteiger partial charge in [-0.2, -0.15) is 18.2 Å². The monoisotopic (exact) mass is 491 g/mol. The number of rotatable bonds is 3. The van der Waals surface area contributed by atoms with Gasteiger partial charge in [0.2, 0.25) is 5.82 Å². The average molecular weight is 491 g/mol. The minimum atomic E-state index is -4.74. The van der Waals surface area contributed by atoms with E-state index in [-0.39, 0.29) is 47.5 Å². The van der Waals surface area contributed by atoms with Crippen molar-refractivity contribution in [2.45, 2.75) is 69.0 Å². The van der Waals surface area contributed by atoms with E-state index in [1.54, 1.807) is 17.0 Å². The molecule has 0 spiro atoms. The highest BCUT2D eigenvalue weighted by Crippen LogP contribution is 2.35. The number of nitrogens with one attached hydrogen (secondary N) is 1. The Bertz CT molecular complexity index is 1150. The van der Waals surface area contributed by atoms with Crippen molar-refractivity contribution < 1.29 is 32.0 Å². The second-order valence-electron chi connectivity index (χ2n) is 9.62. The van der Waals surface area contributed by atoms with Crippen molar-refractivity contribution >= 4 is 11.9 Å². The highest BCUT2D eigenvalue weighted by molar-refractivity contribution is 5.99. The number of urea groups is 1. The molecule has 186 valence electrons. The molecule has 2 saturated heterocycles. The number of morpholine rings is 1. The van der Waals surface area contributed by atoms with Gasteiger partial charge in [0.05, 0.1) is 37.4 Å². The first-order chi connectivity index (χ1) is 16.8. The lowest BCUT2D eigenvalue weighted by molar-refractivity contribution is -0.159. The molecule has 3 aliphatic heterocycles. The molecule has 1 aromatic heterocycles. The van der Waals surface area contributed by atoms with Crippen LogP contribution in [0.1, 0.15) is 53.9 Å². The number of hydrogen-bond acceptors (Lipinski definition) is 6. The number of nitrogens with zero attached hydrogens (tertiary/aromatic N) is 4. The predicted molar refractivity (Wildman–Crippen MR) is 114 cm³/mol. The van der Waals surface area contributed by atoms with Gasteiger partial charge in [0.1, 0.15) is 0 Å². The summed E-state index contributed by atoms with van der Waals surface area (Å²) >= 11 is 0. The smallest absolute Gasteiger partial charge is 0.377 e. The van der Waals surface area contributed by atoms with Crippen molar-refractivity contribution in [3.05, 3.63) is 35.2 Å². The number of alkyl halides is 3. The number of aromatic nitrogens is 2. The molecule has 2 unspecified atom stereocenters. The van der Waals surface area contributed by atoms with Crippen LogP contribution >= 0.6 is 0 Å². The summed E-state index contributed by atoms with van der Waals surface area (Å²) in [5.74, 6) is -1.86. The van der Waals surface area contributed by atoms with Crippen LogP contribution < -0.4 is 5.32 Å². The molecule has 2 aromatic rings. The number of hydrogen-bond donors (Lipinski definition) is 1. The lowest BCUT2D eigenvalue weighted by Gasteiger charge is -2.52. The Morgan fingerprint density at radius 2 is 1.91 bits per heavy atom. The molecule has 4 heterocycles. The Hall–Kier alpha value is -3.15. The Labute approximate surface area is 198 Å². The van der Waals surface area contributed by atoms with E-state index in [1.807, 2.05) is 4.90 Å². The molecule has 2 bridgehead atoms. The maximum Gasteiger partial charge on any atom is 0.471 e. The fourth-order valence-corrected chi connectivity index (χ4v) is 5.74. The Balaban J connectivity index is 1.19. The molecule has 35 heavy (non-hydrogen) atoms. The third-order valence-corrected chi connectivity index (χ3v) is 7.49. The normalized spacial score (nSPS) is 28.0. The van der Waals surface area contributed by atoms with Crippen molar-refractivity contribution in [1.29, 1.82) is 0 Å². The summed E-state index contributed by atoms with van der Waals surface area (Å²) in [6.45, 7) is 1.50. The van der Waals surface area contributed by atoms with Crippen LogP contribution in [-0.2, 0) is 17.5 Å². The van der Waals surface area contributed by atoms with Gasteiger partial charge in [-0.1, -0.05) is 30.1 Å². The van der Waals surface area contributed by atoms with Crippen LogP contribution in [0.5, 0.6) is 0 Å². The van der Waals surface area contributed by atoms with Crippen molar-refractivity contribution in [2.24, 2.45) is 0 Å². The molecule has 4 atom stereocenters. The molecular weight excluding hydrogens is 467 g/mol. The van der Waals surface area contributed by atoms with E-state index in [0.717, 1.165) is 37.7 Å². The number of carbonyl (C=O) groups excluding carboxylic acids is 2. The number of halogens is 3. The highest BCUT2D eigenvalue weighted by Gasteiger charge is 2.47.